The Morgan fingerprint density at radius 2 is 1.83 bits per heavy atom. The van der Waals surface area contributed by atoms with E-state index in [4.69, 9.17) is 11.5 Å². The lowest BCUT2D eigenvalue weighted by atomic mass is 9.96. The van der Waals surface area contributed by atoms with Crippen LogP contribution < -0.4 is 11.5 Å². The number of benzene rings is 2. The summed E-state index contributed by atoms with van der Waals surface area (Å²) < 4.78 is 1.05. The predicted molar refractivity (Wildman–Crippen MR) is 77.0 cm³/mol. The number of primary amides is 1. The van der Waals surface area contributed by atoms with Gasteiger partial charge in [-0.2, -0.15) is 0 Å². The second-order valence-electron chi connectivity index (χ2n) is 4.29. The first-order valence-electron chi connectivity index (χ1n) is 5.80. The summed E-state index contributed by atoms with van der Waals surface area (Å²) in [5, 5.41) is 2.24. The molecule has 0 aliphatic rings. The van der Waals surface area contributed by atoms with Crippen molar-refractivity contribution in [3.8, 4) is 0 Å². The number of amides is 1. The number of fused-ring (bicyclic) bond motifs is 1. The lowest BCUT2D eigenvalue weighted by molar-refractivity contribution is -0.118. The monoisotopic (exact) mass is 306 g/mol. The van der Waals surface area contributed by atoms with E-state index in [2.05, 4.69) is 15.9 Å². The zero-order valence-electron chi connectivity index (χ0n) is 9.90. The molecule has 0 aliphatic carbocycles. The van der Waals surface area contributed by atoms with Gasteiger partial charge in [-0.25, -0.2) is 0 Å². The molecule has 0 radical (unpaired) electrons. The second kappa shape index (κ2) is 5.50. The smallest absolute Gasteiger partial charge is 0.217 e. The lowest BCUT2D eigenvalue weighted by Crippen LogP contribution is -2.16. The molecule has 0 heterocycles. The van der Waals surface area contributed by atoms with Crippen LogP contribution in [-0.2, 0) is 4.79 Å². The van der Waals surface area contributed by atoms with Gasteiger partial charge in [-0.05, 0) is 28.8 Å². The fourth-order valence-corrected chi connectivity index (χ4v) is 2.54. The van der Waals surface area contributed by atoms with Crippen LogP contribution in [0.1, 0.15) is 24.4 Å². The molecule has 3 nitrogen and oxygen atoms in total. The van der Waals surface area contributed by atoms with Crippen molar-refractivity contribution >= 4 is 32.6 Å². The van der Waals surface area contributed by atoms with Crippen LogP contribution >= 0.6 is 15.9 Å². The molecule has 4 heteroatoms. The maximum Gasteiger partial charge on any atom is 0.217 e. The third-order valence-electron chi connectivity index (χ3n) is 3.01. The Hall–Kier alpha value is -1.39. The molecule has 1 atom stereocenters. The summed E-state index contributed by atoms with van der Waals surface area (Å²) in [6.45, 7) is 0. The summed E-state index contributed by atoms with van der Waals surface area (Å²) in [5.41, 5.74) is 12.3. The molecule has 0 aromatic heterocycles. The molecule has 2 rings (SSSR count). The van der Waals surface area contributed by atoms with Crippen molar-refractivity contribution in [1.82, 2.24) is 0 Å². The largest absolute Gasteiger partial charge is 0.370 e. The molecule has 0 bridgehead atoms. The molecular weight excluding hydrogens is 292 g/mol. The van der Waals surface area contributed by atoms with Gasteiger partial charge in [0.1, 0.15) is 0 Å². The standard InChI is InChI=1S/C14H15BrN2O/c15-12-6-5-11(13(16)7-8-14(17)18)9-3-1-2-4-10(9)12/h1-6,13H,7-8,16H2,(H2,17,18). The van der Waals surface area contributed by atoms with Gasteiger partial charge < -0.3 is 11.5 Å². The minimum absolute atomic E-state index is 0.171. The summed E-state index contributed by atoms with van der Waals surface area (Å²) in [7, 11) is 0. The fraction of sp³-hybridized carbons (Fsp3) is 0.214. The van der Waals surface area contributed by atoms with Gasteiger partial charge in [0.05, 0.1) is 0 Å². The van der Waals surface area contributed by atoms with Crippen molar-refractivity contribution in [1.29, 1.82) is 0 Å². The van der Waals surface area contributed by atoms with Crippen LogP contribution in [0.3, 0.4) is 0 Å². The van der Waals surface area contributed by atoms with Gasteiger partial charge in [-0.1, -0.05) is 46.3 Å². The molecule has 1 unspecified atom stereocenters. The third-order valence-corrected chi connectivity index (χ3v) is 3.70. The summed E-state index contributed by atoms with van der Waals surface area (Å²) in [4.78, 5) is 10.8. The van der Waals surface area contributed by atoms with Crippen molar-refractivity contribution < 1.29 is 4.79 Å². The van der Waals surface area contributed by atoms with Gasteiger partial charge >= 0.3 is 0 Å². The van der Waals surface area contributed by atoms with E-state index in [1.807, 2.05) is 36.4 Å². The topological polar surface area (TPSA) is 69.1 Å². The minimum atomic E-state index is -0.313. The highest BCUT2D eigenvalue weighted by Crippen LogP contribution is 2.30. The first-order valence-corrected chi connectivity index (χ1v) is 6.60. The van der Waals surface area contributed by atoms with E-state index in [9.17, 15) is 4.79 Å². The first-order chi connectivity index (χ1) is 8.59. The maximum absolute atomic E-state index is 10.8. The van der Waals surface area contributed by atoms with Crippen LogP contribution in [-0.4, -0.2) is 5.91 Å². The van der Waals surface area contributed by atoms with Crippen LogP contribution in [0.4, 0.5) is 0 Å². The van der Waals surface area contributed by atoms with Crippen molar-refractivity contribution in [3.63, 3.8) is 0 Å². The molecule has 94 valence electrons. The molecule has 1 amide bonds. The van der Waals surface area contributed by atoms with E-state index >= 15 is 0 Å². The second-order valence-corrected chi connectivity index (χ2v) is 5.15. The van der Waals surface area contributed by atoms with Crippen molar-refractivity contribution in [2.45, 2.75) is 18.9 Å². The highest BCUT2D eigenvalue weighted by atomic mass is 79.9. The van der Waals surface area contributed by atoms with Crippen LogP contribution in [0.25, 0.3) is 10.8 Å². The Labute approximate surface area is 114 Å². The summed E-state index contributed by atoms with van der Waals surface area (Å²) >= 11 is 3.53. The Morgan fingerprint density at radius 1 is 1.17 bits per heavy atom. The number of rotatable bonds is 4. The van der Waals surface area contributed by atoms with Crippen LogP contribution in [0.2, 0.25) is 0 Å². The normalized spacial score (nSPS) is 12.6. The molecule has 0 saturated carbocycles. The van der Waals surface area contributed by atoms with E-state index in [0.717, 1.165) is 20.8 Å². The maximum atomic E-state index is 10.8. The lowest BCUT2D eigenvalue weighted by Gasteiger charge is -2.14. The van der Waals surface area contributed by atoms with Crippen molar-refractivity contribution in [2.24, 2.45) is 11.5 Å². The Bertz CT molecular complexity index is 583. The Kier molecular flexibility index (Phi) is 3.99. The summed E-state index contributed by atoms with van der Waals surface area (Å²) in [5.74, 6) is -0.313. The van der Waals surface area contributed by atoms with Gasteiger partial charge in [0, 0.05) is 16.9 Å². The SMILES string of the molecule is NC(=O)CCC(N)c1ccc(Br)c2ccccc12. The molecule has 0 saturated heterocycles. The highest BCUT2D eigenvalue weighted by Gasteiger charge is 2.12. The number of carbonyl (C=O) groups is 1. The van der Waals surface area contributed by atoms with E-state index in [1.165, 1.54) is 0 Å². The first kappa shape index (κ1) is 13.1. The molecule has 4 N–H and O–H groups in total. The molecule has 0 fully saturated rings. The Balaban J connectivity index is 2.39. The molecule has 2 aromatic carbocycles. The van der Waals surface area contributed by atoms with Gasteiger partial charge in [0.25, 0.3) is 0 Å². The van der Waals surface area contributed by atoms with Gasteiger partial charge in [-0.3, -0.25) is 4.79 Å². The van der Waals surface area contributed by atoms with Crippen LogP contribution in [0, 0.1) is 0 Å². The number of hydrogen-bond donors (Lipinski definition) is 2. The minimum Gasteiger partial charge on any atom is -0.370 e. The number of nitrogens with two attached hydrogens (primary N) is 2. The Morgan fingerprint density at radius 3 is 2.50 bits per heavy atom. The quantitative estimate of drug-likeness (QED) is 0.912. The average molecular weight is 307 g/mol. The summed E-state index contributed by atoms with van der Waals surface area (Å²) in [6, 6.07) is 11.9. The molecule has 18 heavy (non-hydrogen) atoms. The van der Waals surface area contributed by atoms with E-state index in [-0.39, 0.29) is 11.9 Å². The van der Waals surface area contributed by atoms with E-state index in [0.29, 0.717) is 12.8 Å². The van der Waals surface area contributed by atoms with E-state index < -0.39 is 0 Å². The number of halogens is 1. The van der Waals surface area contributed by atoms with E-state index in [1.54, 1.807) is 0 Å². The third kappa shape index (κ3) is 2.71. The highest BCUT2D eigenvalue weighted by molar-refractivity contribution is 9.10. The van der Waals surface area contributed by atoms with Gasteiger partial charge in [-0.15, -0.1) is 0 Å². The zero-order valence-corrected chi connectivity index (χ0v) is 11.5. The van der Waals surface area contributed by atoms with Crippen LogP contribution in [0.5, 0.6) is 0 Å². The molecular formula is C14H15BrN2O. The van der Waals surface area contributed by atoms with Crippen LogP contribution in [0.15, 0.2) is 40.9 Å². The molecule has 2 aromatic rings. The van der Waals surface area contributed by atoms with Gasteiger partial charge in [0.2, 0.25) is 5.91 Å². The number of hydrogen-bond acceptors (Lipinski definition) is 2. The molecule has 0 spiro atoms. The summed E-state index contributed by atoms with van der Waals surface area (Å²) in [6.07, 6.45) is 0.881. The molecule has 0 aliphatic heterocycles. The van der Waals surface area contributed by atoms with Crippen molar-refractivity contribution in [3.05, 3.63) is 46.4 Å². The van der Waals surface area contributed by atoms with Crippen molar-refractivity contribution in [2.75, 3.05) is 0 Å². The average Bonchev–Trinajstić information content (AvgIpc) is 2.37. The predicted octanol–water partition coefficient (Wildman–Crippen LogP) is 2.87. The number of carbonyl (C=O) groups excluding carboxylic acids is 1. The zero-order chi connectivity index (χ0) is 13.1. The van der Waals surface area contributed by atoms with Gasteiger partial charge in [0.15, 0.2) is 0 Å². The fourth-order valence-electron chi connectivity index (χ4n) is 2.06.